The van der Waals surface area contributed by atoms with Crippen LogP contribution in [0, 0.1) is 6.57 Å². The summed E-state index contributed by atoms with van der Waals surface area (Å²) in [7, 11) is 0. The van der Waals surface area contributed by atoms with Crippen molar-refractivity contribution in [1.29, 1.82) is 0 Å². The van der Waals surface area contributed by atoms with Gasteiger partial charge in [-0.25, -0.2) is 24.0 Å². The third kappa shape index (κ3) is 7.86. The first-order valence-corrected chi connectivity index (χ1v) is 15.8. The van der Waals surface area contributed by atoms with Crippen LogP contribution in [0.2, 0.25) is 0 Å². The van der Waals surface area contributed by atoms with E-state index in [0.717, 1.165) is 47.7 Å². The molecule has 0 aliphatic rings. The third-order valence-electron chi connectivity index (χ3n) is 7.14. The van der Waals surface area contributed by atoms with Crippen LogP contribution < -0.4 is 10.6 Å². The molecule has 0 fully saturated rings. The van der Waals surface area contributed by atoms with E-state index in [-0.39, 0.29) is 32.6 Å². The number of aromatic nitrogens is 7. The van der Waals surface area contributed by atoms with Crippen LogP contribution >= 0.6 is 11.3 Å². The number of rotatable bonds is 13. The summed E-state index contributed by atoms with van der Waals surface area (Å²) in [4.78, 5) is 74.2. The Balaban J connectivity index is 1.43. The van der Waals surface area contributed by atoms with Gasteiger partial charge in [0.1, 0.15) is 5.01 Å². The Kier molecular flexibility index (Phi) is 9.99. The zero-order valence-electron chi connectivity index (χ0n) is 27.4. The van der Waals surface area contributed by atoms with Gasteiger partial charge in [0.2, 0.25) is 11.9 Å². The first kappa shape index (κ1) is 37.1. The van der Waals surface area contributed by atoms with Gasteiger partial charge in [-0.2, -0.15) is 20.1 Å². The molecule has 0 bridgehead atoms. The van der Waals surface area contributed by atoms with Gasteiger partial charge in [-0.1, -0.05) is 40.8 Å². The average Bonchev–Trinajstić information content (AvgIpc) is 3.77. The van der Waals surface area contributed by atoms with E-state index in [9.17, 15) is 54.6 Å². The van der Waals surface area contributed by atoms with Gasteiger partial charge in [0.15, 0.2) is 5.69 Å². The van der Waals surface area contributed by atoms with Gasteiger partial charge in [0, 0.05) is 16.9 Å². The van der Waals surface area contributed by atoms with Crippen LogP contribution in [0.4, 0.5) is 39.9 Å². The molecule has 0 aliphatic heterocycles. The largest absolute Gasteiger partial charge is 0.491 e. The molecular formula is C32H18N12O11S. The second-order valence-corrected chi connectivity index (χ2v) is 11.8. The van der Waals surface area contributed by atoms with E-state index in [4.69, 9.17) is 6.57 Å². The molecule has 3 aromatic heterocycles. The summed E-state index contributed by atoms with van der Waals surface area (Å²) in [6.07, 6.45) is 0. The highest BCUT2D eigenvalue weighted by molar-refractivity contribution is 7.18. The Bertz CT molecular complexity index is 2540. The van der Waals surface area contributed by atoms with Gasteiger partial charge in [-0.15, -0.1) is 15.3 Å². The smallest absolute Gasteiger partial charge is 0.336 e. The lowest BCUT2D eigenvalue weighted by molar-refractivity contribution is 0.0676. The number of anilines is 4. The van der Waals surface area contributed by atoms with Gasteiger partial charge in [0.05, 0.1) is 27.8 Å². The van der Waals surface area contributed by atoms with Crippen LogP contribution in [-0.2, 0) is 0 Å². The Morgan fingerprint density at radius 3 is 1.70 bits per heavy atom. The highest BCUT2D eigenvalue weighted by Crippen LogP contribution is 2.40. The molecule has 56 heavy (non-hydrogen) atoms. The van der Waals surface area contributed by atoms with Crippen molar-refractivity contribution in [2.75, 3.05) is 10.6 Å². The van der Waals surface area contributed by atoms with Gasteiger partial charge in [-0.3, -0.25) is 0 Å². The first-order valence-electron chi connectivity index (χ1n) is 15.0. The molecular weight excluding hydrogens is 760 g/mol. The highest BCUT2D eigenvalue weighted by Gasteiger charge is 2.25. The summed E-state index contributed by atoms with van der Waals surface area (Å²) in [5.74, 6) is -9.91. The summed E-state index contributed by atoms with van der Waals surface area (Å²) >= 11 is 0.847. The number of carboxylic acids is 5. The average molecular weight is 779 g/mol. The molecule has 6 rings (SSSR count). The van der Waals surface area contributed by atoms with Crippen molar-refractivity contribution < 1.29 is 54.6 Å². The van der Waals surface area contributed by atoms with E-state index in [1.807, 2.05) is 0 Å². The SMILES string of the molecule is [C-]#[N+]c1nn(-c2nc(Nc3cc(C(=O)O)cc(C(=O)O)c3)nc(Nc3cc(C(=O)O)cc(C(=O)O)c3)n2)c(O)c1/N=N/c1nnc(-c2ccccc2C(=O)O)s1. The number of azo groups is 1. The van der Waals surface area contributed by atoms with Crippen LogP contribution in [-0.4, -0.2) is 95.4 Å². The molecule has 24 heteroatoms. The zero-order valence-corrected chi connectivity index (χ0v) is 28.2. The molecule has 0 atom stereocenters. The number of aromatic carboxylic acids is 5. The number of aromatic hydroxyl groups is 1. The molecule has 0 unspecified atom stereocenters. The Morgan fingerprint density at radius 1 is 0.696 bits per heavy atom. The topological polar surface area (TPSA) is 342 Å². The highest BCUT2D eigenvalue weighted by atomic mass is 32.1. The standard InChI is InChI=1S/C32H18N12O11S/c1-33-21-20(39-41-32-42-40-22(56-32)18-4-2-3-5-19(18)28(54)55)23(45)44(43-21)31-37-29(34-16-8-12(24(46)47)6-13(9-16)25(48)49)36-30(38-31)35-17-10-14(26(50)51)7-15(11-17)27(52)53/h2-11,45H,(H,46,47)(H,48,49)(H,50,51)(H,52,53)(H,54,55)(H2,34,35,36,37,38)/b41-39+. The monoisotopic (exact) mass is 778 g/mol. The fraction of sp³-hybridized carbons (Fsp3) is 0. The zero-order chi connectivity index (χ0) is 40.3. The van der Waals surface area contributed by atoms with E-state index in [1.165, 1.54) is 18.2 Å². The van der Waals surface area contributed by atoms with E-state index >= 15 is 0 Å². The van der Waals surface area contributed by atoms with E-state index in [0.29, 0.717) is 4.68 Å². The molecule has 6 aromatic rings. The predicted octanol–water partition coefficient (Wildman–Crippen LogP) is 5.23. The Morgan fingerprint density at radius 2 is 1.21 bits per heavy atom. The first-order chi connectivity index (χ1) is 26.7. The van der Waals surface area contributed by atoms with E-state index < -0.39 is 87.3 Å². The lowest BCUT2D eigenvalue weighted by atomic mass is 10.1. The van der Waals surface area contributed by atoms with Crippen LogP contribution in [0.25, 0.3) is 21.4 Å². The number of hydrogen-bond donors (Lipinski definition) is 8. The van der Waals surface area contributed by atoms with Crippen molar-refractivity contribution in [1.82, 2.24) is 34.9 Å². The fourth-order valence-corrected chi connectivity index (χ4v) is 5.44. The van der Waals surface area contributed by atoms with Crippen molar-refractivity contribution in [3.05, 3.63) is 99.9 Å². The number of hydrogen-bond acceptors (Lipinski definition) is 17. The van der Waals surface area contributed by atoms with Crippen LogP contribution in [0.5, 0.6) is 5.88 Å². The van der Waals surface area contributed by atoms with Crippen molar-refractivity contribution in [3.8, 4) is 22.4 Å². The Labute approximate surface area is 313 Å². The number of nitrogens with zero attached hydrogens (tertiary/aromatic N) is 10. The maximum atomic E-state index is 11.7. The molecule has 0 spiro atoms. The van der Waals surface area contributed by atoms with Crippen molar-refractivity contribution >= 4 is 81.1 Å². The number of benzene rings is 3. The third-order valence-corrected chi connectivity index (χ3v) is 7.98. The molecule has 278 valence electrons. The predicted molar refractivity (Wildman–Crippen MR) is 189 cm³/mol. The maximum Gasteiger partial charge on any atom is 0.336 e. The van der Waals surface area contributed by atoms with Crippen molar-refractivity contribution in [2.24, 2.45) is 10.2 Å². The molecule has 0 saturated carbocycles. The molecule has 8 N–H and O–H groups in total. The Hall–Kier alpha value is -8.72. The molecule has 0 aliphatic carbocycles. The van der Waals surface area contributed by atoms with E-state index in [1.54, 1.807) is 6.07 Å². The summed E-state index contributed by atoms with van der Waals surface area (Å²) < 4.78 is 0.626. The van der Waals surface area contributed by atoms with E-state index in [2.05, 4.69) is 56.0 Å². The quantitative estimate of drug-likeness (QED) is 0.0549. The summed E-state index contributed by atoms with van der Waals surface area (Å²) in [5, 5.41) is 83.7. The van der Waals surface area contributed by atoms with Gasteiger partial charge in [0.25, 0.3) is 17.0 Å². The van der Waals surface area contributed by atoms with Crippen LogP contribution in [0.3, 0.4) is 0 Å². The molecule has 23 nitrogen and oxygen atoms in total. The molecule has 3 heterocycles. The maximum absolute atomic E-state index is 11.7. The summed E-state index contributed by atoms with van der Waals surface area (Å²) in [6.45, 7) is 7.61. The lowest BCUT2D eigenvalue weighted by Gasteiger charge is -2.12. The van der Waals surface area contributed by atoms with Gasteiger partial charge < -0.3 is 46.1 Å². The van der Waals surface area contributed by atoms with Gasteiger partial charge >= 0.3 is 35.7 Å². The lowest BCUT2D eigenvalue weighted by Crippen LogP contribution is -2.11. The van der Waals surface area contributed by atoms with Crippen LogP contribution in [0.1, 0.15) is 51.8 Å². The normalized spacial score (nSPS) is 10.8. The van der Waals surface area contributed by atoms with Crippen molar-refractivity contribution in [3.63, 3.8) is 0 Å². The molecule has 0 amide bonds. The van der Waals surface area contributed by atoms with Gasteiger partial charge in [-0.05, 0) is 47.6 Å². The minimum absolute atomic E-state index is 0.0461. The number of carbonyl (C=O) groups is 5. The minimum atomic E-state index is -1.47. The number of nitrogens with one attached hydrogen (secondary N) is 2. The molecule has 0 radical (unpaired) electrons. The number of carboxylic acid groups (broad SMARTS) is 5. The minimum Gasteiger partial charge on any atom is -0.491 e. The molecule has 3 aromatic carbocycles. The molecule has 0 saturated heterocycles. The summed E-state index contributed by atoms with van der Waals surface area (Å²) in [5.41, 5.74) is -2.30. The summed E-state index contributed by atoms with van der Waals surface area (Å²) in [6, 6.07) is 12.0. The van der Waals surface area contributed by atoms with Crippen LogP contribution in [0.15, 0.2) is 70.9 Å². The van der Waals surface area contributed by atoms with Crippen molar-refractivity contribution in [2.45, 2.75) is 0 Å². The fourth-order valence-electron chi connectivity index (χ4n) is 4.73. The second-order valence-electron chi connectivity index (χ2n) is 10.8. The second kappa shape index (κ2) is 15.1.